The minimum atomic E-state index is 0.0439. The van der Waals surface area contributed by atoms with Gasteiger partial charge in [0.05, 0.1) is 6.61 Å². The molecule has 0 amide bonds. The van der Waals surface area contributed by atoms with E-state index in [2.05, 4.69) is 12.1 Å². The predicted molar refractivity (Wildman–Crippen MR) is 53.7 cm³/mol. The number of benzene rings is 1. The number of hydrogen-bond acceptors (Lipinski definition) is 1. The quantitative estimate of drug-likeness (QED) is 0.667. The van der Waals surface area contributed by atoms with E-state index in [0.717, 1.165) is 18.1 Å². The summed E-state index contributed by atoms with van der Waals surface area (Å²) < 4.78 is 5.57. The first kappa shape index (κ1) is 8.79. The van der Waals surface area contributed by atoms with Crippen molar-refractivity contribution in [2.45, 2.75) is 12.5 Å². The van der Waals surface area contributed by atoms with Crippen molar-refractivity contribution in [1.29, 1.82) is 0 Å². The van der Waals surface area contributed by atoms with Gasteiger partial charge in [0.25, 0.3) is 0 Å². The van der Waals surface area contributed by atoms with Crippen molar-refractivity contribution < 1.29 is 4.74 Å². The molecule has 0 aliphatic carbocycles. The largest absolute Gasteiger partial charge is 0.369 e. The average molecular weight is 195 g/mol. The van der Waals surface area contributed by atoms with Gasteiger partial charge in [-0.25, -0.2) is 0 Å². The molecule has 0 fully saturated rings. The summed E-state index contributed by atoms with van der Waals surface area (Å²) in [6.07, 6.45) is 2.85. The van der Waals surface area contributed by atoms with Gasteiger partial charge >= 0.3 is 0 Å². The van der Waals surface area contributed by atoms with Crippen LogP contribution in [0.25, 0.3) is 0 Å². The van der Waals surface area contributed by atoms with Gasteiger partial charge in [-0.05, 0) is 11.6 Å². The highest BCUT2D eigenvalue weighted by atomic mass is 35.5. The first-order valence-corrected chi connectivity index (χ1v) is 4.77. The van der Waals surface area contributed by atoms with Crippen LogP contribution in [-0.4, -0.2) is 6.61 Å². The summed E-state index contributed by atoms with van der Waals surface area (Å²) in [7, 11) is 0. The summed E-state index contributed by atoms with van der Waals surface area (Å²) in [5.41, 5.74) is 1.17. The van der Waals surface area contributed by atoms with Crippen molar-refractivity contribution in [3.05, 3.63) is 47.0 Å². The lowest BCUT2D eigenvalue weighted by molar-refractivity contribution is 0.0788. The van der Waals surface area contributed by atoms with Crippen molar-refractivity contribution in [2.75, 3.05) is 6.61 Å². The van der Waals surface area contributed by atoms with Crippen LogP contribution in [0.15, 0.2) is 41.4 Å². The van der Waals surface area contributed by atoms with Crippen LogP contribution in [0.2, 0.25) is 0 Å². The van der Waals surface area contributed by atoms with E-state index in [-0.39, 0.29) is 6.10 Å². The molecule has 1 heterocycles. The summed E-state index contributed by atoms with van der Waals surface area (Å²) in [6.45, 7) is 0.717. The van der Waals surface area contributed by atoms with Gasteiger partial charge < -0.3 is 4.74 Å². The Labute approximate surface area is 83.0 Å². The third-order valence-corrected chi connectivity index (χ3v) is 2.41. The highest BCUT2D eigenvalue weighted by Crippen LogP contribution is 2.27. The molecule has 1 aliphatic heterocycles. The molecule has 1 aromatic rings. The normalized spacial score (nSPS) is 22.5. The SMILES string of the molecule is ClC1=CC(c2ccccc2)OCC1. The zero-order valence-electron chi connectivity index (χ0n) is 7.24. The van der Waals surface area contributed by atoms with Gasteiger partial charge in [-0.15, -0.1) is 0 Å². The first-order chi connectivity index (χ1) is 6.36. The molecular formula is C11H11ClO. The Bertz CT molecular complexity index is 305. The van der Waals surface area contributed by atoms with E-state index >= 15 is 0 Å². The van der Waals surface area contributed by atoms with E-state index in [9.17, 15) is 0 Å². The van der Waals surface area contributed by atoms with Gasteiger partial charge in [-0.1, -0.05) is 41.9 Å². The van der Waals surface area contributed by atoms with Crippen LogP contribution in [0.4, 0.5) is 0 Å². The van der Waals surface area contributed by atoms with E-state index in [1.807, 2.05) is 24.3 Å². The van der Waals surface area contributed by atoms with Crippen LogP contribution >= 0.6 is 11.6 Å². The third kappa shape index (κ3) is 2.11. The molecule has 1 aromatic carbocycles. The molecule has 0 radical (unpaired) electrons. The maximum atomic E-state index is 5.94. The molecule has 68 valence electrons. The average Bonchev–Trinajstić information content (AvgIpc) is 2.19. The summed E-state index contributed by atoms with van der Waals surface area (Å²) in [4.78, 5) is 0. The standard InChI is InChI=1S/C11H11ClO/c12-10-6-7-13-11(8-10)9-4-2-1-3-5-9/h1-5,8,11H,6-7H2. The Morgan fingerprint density at radius 3 is 2.69 bits per heavy atom. The number of rotatable bonds is 1. The molecule has 0 aromatic heterocycles. The molecule has 0 saturated heterocycles. The zero-order chi connectivity index (χ0) is 9.10. The van der Waals surface area contributed by atoms with Gasteiger partial charge in [0.1, 0.15) is 6.10 Å². The molecule has 1 aliphatic rings. The summed E-state index contributed by atoms with van der Waals surface area (Å²) in [6, 6.07) is 10.1. The second kappa shape index (κ2) is 3.95. The minimum Gasteiger partial charge on any atom is -0.369 e. The summed E-state index contributed by atoms with van der Waals surface area (Å²) >= 11 is 5.94. The Balaban J connectivity index is 2.22. The van der Waals surface area contributed by atoms with Gasteiger partial charge in [0, 0.05) is 11.5 Å². The second-order valence-electron chi connectivity index (χ2n) is 3.07. The van der Waals surface area contributed by atoms with Crippen LogP contribution < -0.4 is 0 Å². The smallest absolute Gasteiger partial charge is 0.102 e. The molecule has 2 heteroatoms. The molecule has 1 nitrogen and oxygen atoms in total. The van der Waals surface area contributed by atoms with Gasteiger partial charge in [-0.2, -0.15) is 0 Å². The fraction of sp³-hybridized carbons (Fsp3) is 0.273. The molecule has 13 heavy (non-hydrogen) atoms. The maximum absolute atomic E-state index is 5.94. The second-order valence-corrected chi connectivity index (χ2v) is 3.55. The molecule has 1 unspecified atom stereocenters. The Morgan fingerprint density at radius 2 is 2.00 bits per heavy atom. The molecule has 0 N–H and O–H groups in total. The lowest BCUT2D eigenvalue weighted by Gasteiger charge is -2.19. The fourth-order valence-electron chi connectivity index (χ4n) is 1.41. The van der Waals surface area contributed by atoms with Gasteiger partial charge in [0.2, 0.25) is 0 Å². The molecule has 0 bridgehead atoms. The van der Waals surface area contributed by atoms with Gasteiger partial charge in [0.15, 0.2) is 0 Å². The van der Waals surface area contributed by atoms with Crippen molar-refractivity contribution in [1.82, 2.24) is 0 Å². The van der Waals surface area contributed by atoms with E-state index in [1.54, 1.807) is 0 Å². The Hall–Kier alpha value is -0.790. The number of ether oxygens (including phenoxy) is 1. The lowest BCUT2D eigenvalue weighted by atomic mass is 10.1. The summed E-state index contributed by atoms with van der Waals surface area (Å²) in [5.74, 6) is 0. The van der Waals surface area contributed by atoms with E-state index < -0.39 is 0 Å². The van der Waals surface area contributed by atoms with Crippen molar-refractivity contribution in [3.8, 4) is 0 Å². The lowest BCUT2D eigenvalue weighted by Crippen LogP contribution is -2.08. The van der Waals surface area contributed by atoms with E-state index in [1.165, 1.54) is 5.56 Å². The van der Waals surface area contributed by atoms with Crippen LogP contribution in [0.5, 0.6) is 0 Å². The fourth-order valence-corrected chi connectivity index (χ4v) is 1.61. The van der Waals surface area contributed by atoms with E-state index in [0.29, 0.717) is 0 Å². The number of halogens is 1. The number of hydrogen-bond donors (Lipinski definition) is 0. The first-order valence-electron chi connectivity index (χ1n) is 4.39. The van der Waals surface area contributed by atoms with E-state index in [4.69, 9.17) is 16.3 Å². The van der Waals surface area contributed by atoms with Crippen LogP contribution in [-0.2, 0) is 4.74 Å². The van der Waals surface area contributed by atoms with Crippen LogP contribution in [0, 0.1) is 0 Å². The van der Waals surface area contributed by atoms with Crippen molar-refractivity contribution in [3.63, 3.8) is 0 Å². The monoisotopic (exact) mass is 194 g/mol. The topological polar surface area (TPSA) is 9.23 Å². The highest BCUT2D eigenvalue weighted by Gasteiger charge is 2.13. The molecule has 0 saturated carbocycles. The molecular weight excluding hydrogens is 184 g/mol. The van der Waals surface area contributed by atoms with Crippen LogP contribution in [0.1, 0.15) is 18.1 Å². The molecule has 2 rings (SSSR count). The minimum absolute atomic E-state index is 0.0439. The Kier molecular flexibility index (Phi) is 2.67. The Morgan fingerprint density at radius 1 is 1.23 bits per heavy atom. The van der Waals surface area contributed by atoms with Gasteiger partial charge in [-0.3, -0.25) is 0 Å². The zero-order valence-corrected chi connectivity index (χ0v) is 8.00. The molecule has 0 spiro atoms. The molecule has 1 atom stereocenters. The highest BCUT2D eigenvalue weighted by molar-refractivity contribution is 6.29. The summed E-state index contributed by atoms with van der Waals surface area (Å²) in [5, 5.41) is 0.903. The van der Waals surface area contributed by atoms with Crippen molar-refractivity contribution in [2.24, 2.45) is 0 Å². The van der Waals surface area contributed by atoms with Crippen LogP contribution in [0.3, 0.4) is 0 Å². The van der Waals surface area contributed by atoms with Crippen molar-refractivity contribution >= 4 is 11.6 Å². The maximum Gasteiger partial charge on any atom is 0.102 e. The third-order valence-electron chi connectivity index (χ3n) is 2.10. The predicted octanol–water partition coefficient (Wildman–Crippen LogP) is 3.27.